The molecule has 0 spiro atoms. The van der Waals surface area contributed by atoms with Crippen molar-refractivity contribution in [2.45, 2.75) is 64.1 Å². The van der Waals surface area contributed by atoms with Gasteiger partial charge in [0.2, 0.25) is 8.32 Å². The Bertz CT molecular complexity index is 709. The molecule has 3 rings (SSSR count). The van der Waals surface area contributed by atoms with E-state index in [0.717, 1.165) is 41.7 Å². The lowest BCUT2D eigenvalue weighted by atomic mass is 9.86. The monoisotopic (exact) mass is 332 g/mol. The predicted octanol–water partition coefficient (Wildman–Crippen LogP) is 5.23. The van der Waals surface area contributed by atoms with Crippen LogP contribution in [0.2, 0.25) is 18.1 Å². The van der Waals surface area contributed by atoms with Crippen LogP contribution in [0.5, 0.6) is 5.75 Å². The molecule has 1 aromatic carbocycles. The third-order valence-electron chi connectivity index (χ3n) is 5.54. The summed E-state index contributed by atoms with van der Waals surface area (Å²) in [6.45, 7) is 11.5. The average molecular weight is 333 g/mol. The molecule has 0 fully saturated rings. The van der Waals surface area contributed by atoms with Crippen molar-refractivity contribution in [3.05, 3.63) is 29.5 Å². The second-order valence-electron chi connectivity index (χ2n) is 8.23. The SMILES string of the molecule is CC(C)(C)[Si](C)(C)Oc1ccc2oc3c(c2c1)[C@@H](CO)CCC3. The molecule has 1 aromatic heterocycles. The minimum absolute atomic E-state index is 0.172. The highest BCUT2D eigenvalue weighted by molar-refractivity contribution is 6.74. The molecule has 0 bridgehead atoms. The fraction of sp³-hybridized carbons (Fsp3) is 0.579. The Labute approximate surface area is 139 Å². The number of aryl methyl sites for hydroxylation is 1. The Hall–Kier alpha value is -1.26. The van der Waals surface area contributed by atoms with E-state index in [2.05, 4.69) is 39.9 Å². The molecule has 1 aliphatic rings. The van der Waals surface area contributed by atoms with Gasteiger partial charge in [0.25, 0.3) is 0 Å². The van der Waals surface area contributed by atoms with E-state index in [1.807, 2.05) is 12.1 Å². The smallest absolute Gasteiger partial charge is 0.250 e. The fourth-order valence-electron chi connectivity index (χ4n) is 3.13. The van der Waals surface area contributed by atoms with Crippen LogP contribution in [-0.4, -0.2) is 20.0 Å². The van der Waals surface area contributed by atoms with E-state index in [0.29, 0.717) is 0 Å². The summed E-state index contributed by atoms with van der Waals surface area (Å²) in [7, 11) is -1.85. The summed E-state index contributed by atoms with van der Waals surface area (Å²) in [6.07, 6.45) is 3.09. The van der Waals surface area contributed by atoms with Crippen LogP contribution in [0.3, 0.4) is 0 Å². The van der Waals surface area contributed by atoms with Gasteiger partial charge in [-0.05, 0) is 49.2 Å². The number of aliphatic hydroxyl groups is 1. The standard InChI is InChI=1S/C19H28O3Si/c1-19(2,3)23(4,5)22-14-9-10-16-15(11-14)18-13(12-20)7-6-8-17(18)21-16/h9-11,13,20H,6-8,12H2,1-5H3/t13-/m1/s1. The second-order valence-corrected chi connectivity index (χ2v) is 13.0. The molecule has 1 N–H and O–H groups in total. The molecular weight excluding hydrogens is 304 g/mol. The lowest BCUT2D eigenvalue weighted by Crippen LogP contribution is -2.43. The van der Waals surface area contributed by atoms with Crippen LogP contribution in [0.25, 0.3) is 11.0 Å². The molecule has 0 unspecified atom stereocenters. The maximum atomic E-state index is 9.71. The van der Waals surface area contributed by atoms with Gasteiger partial charge >= 0.3 is 0 Å². The Balaban J connectivity index is 2.02. The van der Waals surface area contributed by atoms with Crippen LogP contribution < -0.4 is 4.43 Å². The van der Waals surface area contributed by atoms with Crippen molar-refractivity contribution in [2.24, 2.45) is 0 Å². The van der Waals surface area contributed by atoms with Gasteiger partial charge < -0.3 is 13.9 Å². The van der Waals surface area contributed by atoms with Crippen LogP contribution in [0.15, 0.2) is 22.6 Å². The Morgan fingerprint density at radius 1 is 1.30 bits per heavy atom. The van der Waals surface area contributed by atoms with E-state index in [1.165, 1.54) is 5.56 Å². The van der Waals surface area contributed by atoms with Gasteiger partial charge in [-0.2, -0.15) is 0 Å². The minimum atomic E-state index is -1.85. The molecule has 23 heavy (non-hydrogen) atoms. The summed E-state index contributed by atoms with van der Waals surface area (Å²) in [6, 6.07) is 6.16. The lowest BCUT2D eigenvalue weighted by molar-refractivity contribution is 0.250. The molecule has 0 aliphatic heterocycles. The maximum absolute atomic E-state index is 9.71. The average Bonchev–Trinajstić information content (AvgIpc) is 2.83. The Morgan fingerprint density at radius 2 is 2.04 bits per heavy atom. The van der Waals surface area contributed by atoms with Gasteiger partial charge in [0.05, 0.1) is 6.61 Å². The molecule has 0 saturated carbocycles. The molecule has 1 heterocycles. The van der Waals surface area contributed by atoms with Gasteiger partial charge in [-0.25, -0.2) is 0 Å². The number of hydrogen-bond acceptors (Lipinski definition) is 3. The summed E-state index contributed by atoms with van der Waals surface area (Å²) in [5, 5.41) is 11.0. The first-order valence-electron chi connectivity index (χ1n) is 8.58. The fourth-order valence-corrected chi connectivity index (χ4v) is 4.15. The molecule has 1 atom stereocenters. The van der Waals surface area contributed by atoms with Crippen LogP contribution >= 0.6 is 0 Å². The first-order chi connectivity index (χ1) is 10.7. The summed E-state index contributed by atoms with van der Waals surface area (Å²) >= 11 is 0. The first-order valence-corrected chi connectivity index (χ1v) is 11.5. The largest absolute Gasteiger partial charge is 0.543 e. The highest BCUT2D eigenvalue weighted by atomic mass is 28.4. The second kappa shape index (κ2) is 5.67. The Morgan fingerprint density at radius 3 is 2.70 bits per heavy atom. The maximum Gasteiger partial charge on any atom is 0.250 e. The van der Waals surface area contributed by atoms with Crippen molar-refractivity contribution in [1.82, 2.24) is 0 Å². The zero-order valence-electron chi connectivity index (χ0n) is 14.9. The molecule has 2 aromatic rings. The van der Waals surface area contributed by atoms with Crippen LogP contribution in [0.4, 0.5) is 0 Å². The third-order valence-corrected chi connectivity index (χ3v) is 9.90. The molecular formula is C19H28O3Si. The molecule has 126 valence electrons. The molecule has 4 heteroatoms. The molecule has 0 amide bonds. The third kappa shape index (κ3) is 2.94. The van der Waals surface area contributed by atoms with Gasteiger partial charge in [-0.3, -0.25) is 0 Å². The summed E-state index contributed by atoms with van der Waals surface area (Å²) in [4.78, 5) is 0. The molecule has 0 radical (unpaired) electrons. The van der Waals surface area contributed by atoms with Crippen molar-refractivity contribution in [1.29, 1.82) is 0 Å². The van der Waals surface area contributed by atoms with Crippen molar-refractivity contribution in [2.75, 3.05) is 6.61 Å². The highest BCUT2D eigenvalue weighted by Crippen LogP contribution is 2.42. The van der Waals surface area contributed by atoms with Gasteiger partial charge in [0, 0.05) is 23.3 Å². The predicted molar refractivity (Wildman–Crippen MR) is 96.8 cm³/mol. The topological polar surface area (TPSA) is 42.6 Å². The quantitative estimate of drug-likeness (QED) is 0.783. The first kappa shape index (κ1) is 16.6. The van der Waals surface area contributed by atoms with Crippen LogP contribution in [-0.2, 0) is 6.42 Å². The van der Waals surface area contributed by atoms with Crippen molar-refractivity contribution < 1.29 is 13.9 Å². The van der Waals surface area contributed by atoms with Crippen molar-refractivity contribution in [3.63, 3.8) is 0 Å². The van der Waals surface area contributed by atoms with E-state index in [9.17, 15) is 5.11 Å². The van der Waals surface area contributed by atoms with E-state index >= 15 is 0 Å². The summed E-state index contributed by atoms with van der Waals surface area (Å²) in [5.74, 6) is 2.17. The Kier molecular flexibility index (Phi) is 4.09. The van der Waals surface area contributed by atoms with E-state index in [1.54, 1.807) is 0 Å². The minimum Gasteiger partial charge on any atom is -0.543 e. The number of rotatable bonds is 3. The normalized spacial score (nSPS) is 19.0. The zero-order chi connectivity index (χ0) is 16.8. The van der Waals surface area contributed by atoms with Crippen molar-refractivity contribution >= 4 is 19.3 Å². The molecule has 0 saturated heterocycles. The van der Waals surface area contributed by atoms with E-state index in [-0.39, 0.29) is 17.6 Å². The van der Waals surface area contributed by atoms with Gasteiger partial charge in [-0.1, -0.05) is 20.8 Å². The number of fused-ring (bicyclic) bond motifs is 3. The summed E-state index contributed by atoms with van der Waals surface area (Å²) < 4.78 is 12.5. The van der Waals surface area contributed by atoms with Gasteiger partial charge in [0.1, 0.15) is 17.1 Å². The van der Waals surface area contributed by atoms with E-state index < -0.39 is 8.32 Å². The van der Waals surface area contributed by atoms with Gasteiger partial charge in [0.15, 0.2) is 0 Å². The highest BCUT2D eigenvalue weighted by Gasteiger charge is 2.39. The number of furan rings is 1. The van der Waals surface area contributed by atoms with E-state index in [4.69, 9.17) is 8.84 Å². The number of benzene rings is 1. The molecule has 3 nitrogen and oxygen atoms in total. The van der Waals surface area contributed by atoms with Crippen LogP contribution in [0.1, 0.15) is 50.9 Å². The molecule has 1 aliphatic carbocycles. The van der Waals surface area contributed by atoms with Gasteiger partial charge in [-0.15, -0.1) is 0 Å². The number of aliphatic hydroxyl groups excluding tert-OH is 1. The zero-order valence-corrected chi connectivity index (χ0v) is 15.9. The summed E-state index contributed by atoms with van der Waals surface area (Å²) in [5.41, 5.74) is 2.12. The van der Waals surface area contributed by atoms with Crippen molar-refractivity contribution in [3.8, 4) is 5.75 Å². The van der Waals surface area contributed by atoms with Crippen LogP contribution in [0, 0.1) is 0 Å². The lowest BCUT2D eigenvalue weighted by Gasteiger charge is -2.36. The number of hydrogen-bond donors (Lipinski definition) is 1.